The van der Waals surface area contributed by atoms with Crippen LogP contribution in [0, 0.1) is 0 Å². The largest absolute Gasteiger partial charge is 0.495 e. The van der Waals surface area contributed by atoms with E-state index in [-0.39, 0.29) is 0 Å². The molecular weight excluding hydrogens is 250 g/mol. The number of hydrogen-bond acceptors (Lipinski definition) is 4. The normalized spacial score (nSPS) is 30.0. The molecule has 2 aliphatic rings. The molecule has 0 amide bonds. The second kappa shape index (κ2) is 5.52. The number of fused-ring (bicyclic) bond motifs is 2. The van der Waals surface area contributed by atoms with E-state index in [1.807, 2.05) is 18.2 Å². The first kappa shape index (κ1) is 13.6. The molecule has 3 rings (SSSR count). The summed E-state index contributed by atoms with van der Waals surface area (Å²) >= 11 is 0. The number of rotatable bonds is 3. The molecule has 4 heteroatoms. The zero-order valence-corrected chi connectivity index (χ0v) is 12.4. The van der Waals surface area contributed by atoms with Gasteiger partial charge in [0.05, 0.1) is 18.5 Å². The van der Waals surface area contributed by atoms with Crippen LogP contribution in [-0.4, -0.2) is 37.2 Å². The number of nitrogens with one attached hydrogen (secondary N) is 1. The monoisotopic (exact) mass is 275 g/mol. The Hall–Kier alpha value is -1.42. The highest BCUT2D eigenvalue weighted by molar-refractivity contribution is 5.73. The number of anilines is 2. The van der Waals surface area contributed by atoms with Gasteiger partial charge in [0.1, 0.15) is 5.75 Å². The molecular formula is C16H25N3O. The minimum Gasteiger partial charge on any atom is -0.495 e. The molecule has 0 aromatic heterocycles. The minimum absolute atomic E-state index is 0.524. The van der Waals surface area contributed by atoms with Gasteiger partial charge in [-0.05, 0) is 44.9 Å². The van der Waals surface area contributed by atoms with Crippen molar-refractivity contribution in [3.05, 3.63) is 18.2 Å². The molecule has 2 heterocycles. The number of methoxy groups -OCH3 is 1. The van der Waals surface area contributed by atoms with Gasteiger partial charge in [-0.2, -0.15) is 0 Å². The van der Waals surface area contributed by atoms with E-state index in [2.05, 4.69) is 17.3 Å². The van der Waals surface area contributed by atoms with Crippen molar-refractivity contribution in [2.75, 3.05) is 25.2 Å². The van der Waals surface area contributed by atoms with Crippen LogP contribution in [0.25, 0.3) is 0 Å². The molecule has 1 aromatic rings. The molecule has 20 heavy (non-hydrogen) atoms. The quantitative estimate of drug-likeness (QED) is 0.833. The molecule has 110 valence electrons. The van der Waals surface area contributed by atoms with E-state index < -0.39 is 0 Å². The molecule has 2 aliphatic heterocycles. The fourth-order valence-electron chi connectivity index (χ4n) is 3.80. The van der Waals surface area contributed by atoms with E-state index in [4.69, 9.17) is 10.5 Å². The number of piperidine rings is 2. The van der Waals surface area contributed by atoms with Crippen molar-refractivity contribution in [3.8, 4) is 5.75 Å². The highest BCUT2D eigenvalue weighted by Crippen LogP contribution is 2.36. The number of nitrogens with zero attached hydrogens (tertiary/aromatic N) is 1. The number of nitrogen functional groups attached to an aromatic ring is 1. The van der Waals surface area contributed by atoms with E-state index >= 15 is 0 Å². The van der Waals surface area contributed by atoms with Crippen LogP contribution in [0.2, 0.25) is 0 Å². The summed E-state index contributed by atoms with van der Waals surface area (Å²) in [7, 11) is 3.94. The van der Waals surface area contributed by atoms with Gasteiger partial charge in [-0.15, -0.1) is 0 Å². The van der Waals surface area contributed by atoms with E-state index in [0.29, 0.717) is 6.04 Å². The van der Waals surface area contributed by atoms with Crippen LogP contribution in [0.4, 0.5) is 11.4 Å². The number of ether oxygens (including phenoxy) is 1. The SMILES string of the molecule is COc1cccc(NC2CC3CCCC(C2)N3C)c1N. The van der Waals surface area contributed by atoms with Gasteiger partial charge in [0.15, 0.2) is 0 Å². The minimum atomic E-state index is 0.524. The summed E-state index contributed by atoms with van der Waals surface area (Å²) in [6.07, 6.45) is 6.47. The molecule has 2 bridgehead atoms. The maximum Gasteiger partial charge on any atom is 0.143 e. The predicted octanol–water partition coefficient (Wildman–Crippen LogP) is 2.70. The van der Waals surface area contributed by atoms with Crippen molar-refractivity contribution >= 4 is 11.4 Å². The summed E-state index contributed by atoms with van der Waals surface area (Å²) in [5.41, 5.74) is 7.89. The summed E-state index contributed by atoms with van der Waals surface area (Å²) in [5, 5.41) is 3.64. The van der Waals surface area contributed by atoms with Crippen LogP contribution in [0.3, 0.4) is 0 Å². The Kier molecular flexibility index (Phi) is 3.74. The lowest BCUT2D eigenvalue weighted by Crippen LogP contribution is -2.52. The van der Waals surface area contributed by atoms with Crippen LogP contribution >= 0.6 is 0 Å². The summed E-state index contributed by atoms with van der Waals surface area (Å²) < 4.78 is 5.29. The zero-order chi connectivity index (χ0) is 14.1. The average Bonchev–Trinajstić information content (AvgIpc) is 2.42. The molecule has 0 spiro atoms. The van der Waals surface area contributed by atoms with E-state index in [0.717, 1.165) is 29.2 Å². The standard InChI is InChI=1S/C16H25N3O/c1-19-12-5-3-6-13(19)10-11(9-12)18-14-7-4-8-15(20-2)16(14)17/h4,7-8,11-13,18H,3,5-6,9-10,17H2,1-2H3. The van der Waals surface area contributed by atoms with Crippen LogP contribution in [0.1, 0.15) is 32.1 Å². The first-order chi connectivity index (χ1) is 9.69. The Labute approximate surface area is 121 Å². The van der Waals surface area contributed by atoms with Gasteiger partial charge < -0.3 is 20.7 Å². The summed E-state index contributed by atoms with van der Waals surface area (Å²) in [6, 6.07) is 7.93. The smallest absolute Gasteiger partial charge is 0.143 e. The molecule has 2 unspecified atom stereocenters. The Morgan fingerprint density at radius 3 is 2.60 bits per heavy atom. The van der Waals surface area contributed by atoms with E-state index in [1.54, 1.807) is 7.11 Å². The highest BCUT2D eigenvalue weighted by atomic mass is 16.5. The number of benzene rings is 1. The summed E-state index contributed by atoms with van der Waals surface area (Å²) in [6.45, 7) is 0. The molecule has 4 nitrogen and oxygen atoms in total. The topological polar surface area (TPSA) is 50.5 Å². The van der Waals surface area contributed by atoms with Crippen molar-refractivity contribution in [1.29, 1.82) is 0 Å². The third kappa shape index (κ3) is 2.44. The van der Waals surface area contributed by atoms with Crippen LogP contribution in [0.15, 0.2) is 18.2 Å². The lowest BCUT2D eigenvalue weighted by Gasteiger charge is -2.47. The maximum atomic E-state index is 6.16. The van der Waals surface area contributed by atoms with Gasteiger partial charge in [-0.25, -0.2) is 0 Å². The third-order valence-corrected chi connectivity index (χ3v) is 4.99. The second-order valence-electron chi connectivity index (χ2n) is 6.14. The molecule has 0 saturated carbocycles. The van der Waals surface area contributed by atoms with E-state index in [1.165, 1.54) is 32.1 Å². The molecule has 2 fully saturated rings. The Balaban J connectivity index is 1.73. The number of hydrogen-bond donors (Lipinski definition) is 2. The Bertz CT molecular complexity index is 463. The number of nitrogens with two attached hydrogens (primary N) is 1. The van der Waals surface area contributed by atoms with Gasteiger partial charge in [0.2, 0.25) is 0 Å². The Morgan fingerprint density at radius 1 is 1.25 bits per heavy atom. The summed E-state index contributed by atoms with van der Waals surface area (Å²) in [4.78, 5) is 2.58. The maximum absolute atomic E-state index is 6.16. The van der Waals surface area contributed by atoms with Crippen molar-refractivity contribution in [2.45, 2.75) is 50.2 Å². The van der Waals surface area contributed by atoms with Crippen LogP contribution in [-0.2, 0) is 0 Å². The molecule has 0 aliphatic carbocycles. The zero-order valence-electron chi connectivity index (χ0n) is 12.4. The predicted molar refractivity (Wildman–Crippen MR) is 83.2 cm³/mol. The molecule has 1 aromatic carbocycles. The van der Waals surface area contributed by atoms with Gasteiger partial charge in [0, 0.05) is 18.1 Å². The van der Waals surface area contributed by atoms with Crippen LogP contribution < -0.4 is 15.8 Å². The first-order valence-corrected chi connectivity index (χ1v) is 7.60. The fraction of sp³-hybridized carbons (Fsp3) is 0.625. The Morgan fingerprint density at radius 2 is 1.95 bits per heavy atom. The highest BCUT2D eigenvalue weighted by Gasteiger charge is 2.35. The van der Waals surface area contributed by atoms with Crippen molar-refractivity contribution in [2.24, 2.45) is 0 Å². The number of para-hydroxylation sites is 1. The molecule has 0 radical (unpaired) electrons. The lowest BCUT2D eigenvalue weighted by molar-refractivity contribution is 0.0608. The van der Waals surface area contributed by atoms with Gasteiger partial charge in [-0.1, -0.05) is 12.5 Å². The van der Waals surface area contributed by atoms with Gasteiger partial charge >= 0.3 is 0 Å². The van der Waals surface area contributed by atoms with Gasteiger partial charge in [0.25, 0.3) is 0 Å². The molecule has 2 atom stereocenters. The van der Waals surface area contributed by atoms with Crippen molar-refractivity contribution in [1.82, 2.24) is 4.90 Å². The molecule has 3 N–H and O–H groups in total. The second-order valence-corrected chi connectivity index (χ2v) is 6.14. The third-order valence-electron chi connectivity index (χ3n) is 4.99. The van der Waals surface area contributed by atoms with Crippen molar-refractivity contribution < 1.29 is 4.74 Å². The van der Waals surface area contributed by atoms with Crippen molar-refractivity contribution in [3.63, 3.8) is 0 Å². The average molecular weight is 275 g/mol. The van der Waals surface area contributed by atoms with Crippen LogP contribution in [0.5, 0.6) is 5.75 Å². The van der Waals surface area contributed by atoms with Gasteiger partial charge in [-0.3, -0.25) is 0 Å². The fourth-order valence-corrected chi connectivity index (χ4v) is 3.80. The lowest BCUT2D eigenvalue weighted by atomic mass is 9.82. The molecule has 2 saturated heterocycles. The summed E-state index contributed by atoms with van der Waals surface area (Å²) in [5.74, 6) is 0.753. The first-order valence-electron chi connectivity index (χ1n) is 7.60. The van der Waals surface area contributed by atoms with E-state index in [9.17, 15) is 0 Å².